The van der Waals surface area contributed by atoms with Gasteiger partial charge in [-0.25, -0.2) is 4.39 Å². The van der Waals surface area contributed by atoms with E-state index in [1.54, 1.807) is 19.2 Å². The van der Waals surface area contributed by atoms with Crippen molar-refractivity contribution in [2.45, 2.75) is 19.4 Å². The molecule has 0 spiro atoms. The molecule has 0 heterocycles. The van der Waals surface area contributed by atoms with E-state index in [-0.39, 0.29) is 5.82 Å². The summed E-state index contributed by atoms with van der Waals surface area (Å²) in [6.07, 6.45) is 2.15. The average molecular weight is 211 g/mol. The highest BCUT2D eigenvalue weighted by Gasteiger charge is 1.94. The molecule has 0 aliphatic heterocycles. The summed E-state index contributed by atoms with van der Waals surface area (Å²) in [5.41, 5.74) is 0.988. The van der Waals surface area contributed by atoms with E-state index in [1.165, 1.54) is 6.07 Å². The quantitative estimate of drug-likeness (QED) is 0.699. The molecular weight excluding hydrogens is 193 g/mol. The lowest BCUT2D eigenvalue weighted by Crippen LogP contribution is -2.15. The molecule has 0 saturated heterocycles. The normalized spacial score (nSPS) is 10.5. The van der Waals surface area contributed by atoms with E-state index in [0.717, 1.165) is 38.1 Å². The van der Waals surface area contributed by atoms with Gasteiger partial charge in [-0.1, -0.05) is 12.1 Å². The minimum atomic E-state index is -0.173. The maximum Gasteiger partial charge on any atom is 0.123 e. The monoisotopic (exact) mass is 211 g/mol. The van der Waals surface area contributed by atoms with Crippen molar-refractivity contribution in [2.24, 2.45) is 0 Å². The Morgan fingerprint density at radius 3 is 2.93 bits per heavy atom. The lowest BCUT2D eigenvalue weighted by molar-refractivity contribution is 0.192. The fourth-order valence-electron chi connectivity index (χ4n) is 1.38. The van der Waals surface area contributed by atoms with Crippen LogP contribution in [0.5, 0.6) is 0 Å². The third-order valence-electron chi connectivity index (χ3n) is 2.17. The molecule has 1 aromatic carbocycles. The zero-order valence-electron chi connectivity index (χ0n) is 9.13. The lowest BCUT2D eigenvalue weighted by atomic mass is 10.2. The van der Waals surface area contributed by atoms with Gasteiger partial charge in [0, 0.05) is 20.3 Å². The van der Waals surface area contributed by atoms with Gasteiger partial charge < -0.3 is 10.1 Å². The van der Waals surface area contributed by atoms with Gasteiger partial charge in [-0.2, -0.15) is 0 Å². The highest BCUT2D eigenvalue weighted by molar-refractivity contribution is 5.15. The van der Waals surface area contributed by atoms with Crippen LogP contribution in [0.3, 0.4) is 0 Å². The van der Waals surface area contributed by atoms with E-state index in [9.17, 15) is 4.39 Å². The first-order valence-corrected chi connectivity index (χ1v) is 5.27. The summed E-state index contributed by atoms with van der Waals surface area (Å²) in [4.78, 5) is 0. The van der Waals surface area contributed by atoms with Crippen LogP contribution in [0, 0.1) is 5.82 Å². The number of hydrogen-bond donors (Lipinski definition) is 1. The van der Waals surface area contributed by atoms with E-state index >= 15 is 0 Å². The first kappa shape index (κ1) is 12.1. The van der Waals surface area contributed by atoms with E-state index in [2.05, 4.69) is 5.32 Å². The summed E-state index contributed by atoms with van der Waals surface area (Å²) in [5.74, 6) is -0.173. The summed E-state index contributed by atoms with van der Waals surface area (Å²) < 4.78 is 17.7. The number of benzene rings is 1. The minimum Gasteiger partial charge on any atom is -0.385 e. The predicted octanol–water partition coefficient (Wildman–Crippen LogP) is 2.34. The molecule has 0 bridgehead atoms. The second kappa shape index (κ2) is 7.37. The first-order valence-electron chi connectivity index (χ1n) is 5.27. The van der Waals surface area contributed by atoms with Crippen molar-refractivity contribution >= 4 is 0 Å². The third kappa shape index (κ3) is 5.50. The lowest BCUT2D eigenvalue weighted by Gasteiger charge is -2.04. The standard InChI is InChI=1S/C12H18FNO/c1-15-8-3-2-7-14-10-11-5-4-6-12(13)9-11/h4-6,9,14H,2-3,7-8,10H2,1H3. The topological polar surface area (TPSA) is 21.3 Å². The number of halogens is 1. The predicted molar refractivity (Wildman–Crippen MR) is 59.2 cm³/mol. The average Bonchev–Trinajstić information content (AvgIpc) is 2.23. The van der Waals surface area contributed by atoms with Crippen molar-refractivity contribution in [3.8, 4) is 0 Å². The van der Waals surface area contributed by atoms with Crippen LogP contribution in [0.4, 0.5) is 4.39 Å². The summed E-state index contributed by atoms with van der Waals surface area (Å²) in [7, 11) is 1.71. The molecule has 1 aromatic rings. The Morgan fingerprint density at radius 1 is 1.33 bits per heavy atom. The van der Waals surface area contributed by atoms with E-state index in [0.29, 0.717) is 0 Å². The van der Waals surface area contributed by atoms with Crippen LogP contribution < -0.4 is 5.32 Å². The van der Waals surface area contributed by atoms with Gasteiger partial charge in [-0.3, -0.25) is 0 Å². The van der Waals surface area contributed by atoms with Gasteiger partial charge >= 0.3 is 0 Å². The second-order valence-electron chi connectivity index (χ2n) is 3.51. The molecule has 15 heavy (non-hydrogen) atoms. The molecule has 0 unspecified atom stereocenters. The maximum absolute atomic E-state index is 12.8. The van der Waals surface area contributed by atoms with Crippen molar-refractivity contribution in [1.29, 1.82) is 0 Å². The number of rotatable bonds is 7. The van der Waals surface area contributed by atoms with Crippen molar-refractivity contribution in [3.05, 3.63) is 35.6 Å². The highest BCUT2D eigenvalue weighted by atomic mass is 19.1. The minimum absolute atomic E-state index is 0.173. The van der Waals surface area contributed by atoms with Gasteiger partial charge in [-0.15, -0.1) is 0 Å². The van der Waals surface area contributed by atoms with Crippen molar-refractivity contribution in [3.63, 3.8) is 0 Å². The number of nitrogens with one attached hydrogen (secondary N) is 1. The Labute approximate surface area is 90.4 Å². The number of unbranched alkanes of at least 4 members (excludes halogenated alkanes) is 1. The SMILES string of the molecule is COCCCCNCc1cccc(F)c1. The molecular formula is C12H18FNO. The van der Waals surface area contributed by atoms with Crippen LogP contribution in [0.2, 0.25) is 0 Å². The van der Waals surface area contributed by atoms with Crippen molar-refractivity contribution in [1.82, 2.24) is 5.32 Å². The molecule has 0 aliphatic carbocycles. The van der Waals surface area contributed by atoms with Crippen LogP contribution in [-0.4, -0.2) is 20.3 Å². The van der Waals surface area contributed by atoms with E-state index in [1.807, 2.05) is 6.07 Å². The largest absolute Gasteiger partial charge is 0.385 e. The molecule has 0 radical (unpaired) electrons. The molecule has 0 amide bonds. The van der Waals surface area contributed by atoms with Gasteiger partial charge in [0.1, 0.15) is 5.82 Å². The highest BCUT2D eigenvalue weighted by Crippen LogP contribution is 2.02. The number of methoxy groups -OCH3 is 1. The van der Waals surface area contributed by atoms with Crippen LogP contribution in [-0.2, 0) is 11.3 Å². The zero-order valence-corrected chi connectivity index (χ0v) is 9.13. The molecule has 1 rings (SSSR count). The Hall–Kier alpha value is -0.930. The Bertz CT molecular complexity index is 278. The van der Waals surface area contributed by atoms with E-state index in [4.69, 9.17) is 4.74 Å². The molecule has 0 aliphatic rings. The second-order valence-corrected chi connectivity index (χ2v) is 3.51. The van der Waals surface area contributed by atoms with Gasteiger partial charge in [0.2, 0.25) is 0 Å². The summed E-state index contributed by atoms with van der Waals surface area (Å²) in [5, 5.41) is 3.27. The van der Waals surface area contributed by atoms with Crippen LogP contribution in [0.25, 0.3) is 0 Å². The van der Waals surface area contributed by atoms with Crippen LogP contribution >= 0.6 is 0 Å². The third-order valence-corrected chi connectivity index (χ3v) is 2.17. The van der Waals surface area contributed by atoms with Crippen molar-refractivity contribution < 1.29 is 9.13 Å². The van der Waals surface area contributed by atoms with E-state index < -0.39 is 0 Å². The molecule has 0 aromatic heterocycles. The summed E-state index contributed by atoms with van der Waals surface area (Å²) >= 11 is 0. The van der Waals surface area contributed by atoms with Crippen LogP contribution in [0.1, 0.15) is 18.4 Å². The van der Waals surface area contributed by atoms with Gasteiger partial charge in [0.25, 0.3) is 0 Å². The molecule has 0 fully saturated rings. The van der Waals surface area contributed by atoms with Gasteiger partial charge in [-0.05, 0) is 37.1 Å². The molecule has 84 valence electrons. The molecule has 0 saturated carbocycles. The summed E-state index contributed by atoms with van der Waals surface area (Å²) in [6.45, 7) is 2.48. The smallest absolute Gasteiger partial charge is 0.123 e. The molecule has 1 N–H and O–H groups in total. The fourth-order valence-corrected chi connectivity index (χ4v) is 1.38. The van der Waals surface area contributed by atoms with Gasteiger partial charge in [0.05, 0.1) is 0 Å². The summed E-state index contributed by atoms with van der Waals surface area (Å²) in [6, 6.07) is 6.67. The Balaban J connectivity index is 2.10. The Kier molecular flexibility index (Phi) is 5.97. The van der Waals surface area contributed by atoms with Gasteiger partial charge in [0.15, 0.2) is 0 Å². The molecule has 2 nitrogen and oxygen atoms in total. The van der Waals surface area contributed by atoms with Crippen LogP contribution in [0.15, 0.2) is 24.3 Å². The molecule has 0 atom stereocenters. The first-order chi connectivity index (χ1) is 7.33. The zero-order chi connectivity index (χ0) is 10.9. The van der Waals surface area contributed by atoms with Crippen molar-refractivity contribution in [2.75, 3.05) is 20.3 Å². The Morgan fingerprint density at radius 2 is 2.20 bits per heavy atom. The number of hydrogen-bond acceptors (Lipinski definition) is 2. The number of ether oxygens (including phenoxy) is 1. The fraction of sp³-hybridized carbons (Fsp3) is 0.500. The molecule has 3 heteroatoms. The maximum atomic E-state index is 12.8.